The summed E-state index contributed by atoms with van der Waals surface area (Å²) in [4.78, 5) is 2.37. The van der Waals surface area contributed by atoms with Gasteiger partial charge in [0.1, 0.15) is 12.4 Å². The van der Waals surface area contributed by atoms with Gasteiger partial charge in [-0.25, -0.2) is 0 Å². The van der Waals surface area contributed by atoms with Gasteiger partial charge in [0.15, 0.2) is 0 Å². The van der Waals surface area contributed by atoms with Crippen molar-refractivity contribution in [2.75, 3.05) is 32.8 Å². The van der Waals surface area contributed by atoms with Crippen LogP contribution in [-0.2, 0) is 6.54 Å². The minimum Gasteiger partial charge on any atom is -0.492 e. The molecule has 0 atom stereocenters. The number of ether oxygens (including phenoxy) is 1. The Kier molecular flexibility index (Phi) is 8.97. The number of hydrogen-bond donors (Lipinski definition) is 1. The summed E-state index contributed by atoms with van der Waals surface area (Å²) >= 11 is 3.61. The fourth-order valence-corrected chi connectivity index (χ4v) is 2.49. The molecule has 1 N–H and O–H groups in total. The molecule has 0 aliphatic heterocycles. The molecule has 0 bridgehead atoms. The quantitative estimate of drug-likeness (QED) is 0.687. The SMILES string of the molecule is CCN(CC)CCOc1ccc(Br)c(CNCC(C)C)c1. The van der Waals surface area contributed by atoms with Crippen LogP contribution in [0.15, 0.2) is 22.7 Å². The first kappa shape index (κ1) is 18.5. The average Bonchev–Trinajstić information content (AvgIpc) is 2.46. The Balaban J connectivity index is 2.48. The molecule has 0 aliphatic rings. The Morgan fingerprint density at radius 3 is 2.57 bits per heavy atom. The van der Waals surface area contributed by atoms with Gasteiger partial charge in [0.25, 0.3) is 0 Å². The van der Waals surface area contributed by atoms with E-state index in [4.69, 9.17) is 4.74 Å². The van der Waals surface area contributed by atoms with Gasteiger partial charge in [0.05, 0.1) is 0 Å². The van der Waals surface area contributed by atoms with Crippen molar-refractivity contribution in [1.29, 1.82) is 0 Å². The monoisotopic (exact) mass is 356 g/mol. The van der Waals surface area contributed by atoms with E-state index >= 15 is 0 Å². The Bertz CT molecular complexity index is 406. The maximum absolute atomic E-state index is 5.87. The number of hydrogen-bond acceptors (Lipinski definition) is 3. The van der Waals surface area contributed by atoms with Crippen LogP contribution in [-0.4, -0.2) is 37.7 Å². The van der Waals surface area contributed by atoms with E-state index in [0.717, 1.165) is 49.6 Å². The highest BCUT2D eigenvalue weighted by molar-refractivity contribution is 9.10. The molecule has 0 saturated heterocycles. The van der Waals surface area contributed by atoms with Crippen molar-refractivity contribution in [2.24, 2.45) is 5.92 Å². The van der Waals surface area contributed by atoms with E-state index in [2.05, 4.69) is 66.0 Å². The molecule has 1 aromatic carbocycles. The molecule has 0 spiro atoms. The van der Waals surface area contributed by atoms with Crippen molar-refractivity contribution in [3.05, 3.63) is 28.2 Å². The van der Waals surface area contributed by atoms with Crippen molar-refractivity contribution in [2.45, 2.75) is 34.2 Å². The average molecular weight is 357 g/mol. The van der Waals surface area contributed by atoms with Gasteiger partial charge in [0, 0.05) is 17.6 Å². The van der Waals surface area contributed by atoms with Crippen LogP contribution in [0.5, 0.6) is 5.75 Å². The lowest BCUT2D eigenvalue weighted by Gasteiger charge is -2.18. The second-order valence-electron chi connectivity index (χ2n) is 5.65. The van der Waals surface area contributed by atoms with Crippen LogP contribution >= 0.6 is 15.9 Å². The summed E-state index contributed by atoms with van der Waals surface area (Å²) in [5.74, 6) is 1.61. The van der Waals surface area contributed by atoms with Gasteiger partial charge in [-0.2, -0.15) is 0 Å². The van der Waals surface area contributed by atoms with Crippen LogP contribution in [0.3, 0.4) is 0 Å². The lowest BCUT2D eigenvalue weighted by Crippen LogP contribution is -2.27. The van der Waals surface area contributed by atoms with Crippen LogP contribution in [0.25, 0.3) is 0 Å². The van der Waals surface area contributed by atoms with Crippen LogP contribution in [0.4, 0.5) is 0 Å². The summed E-state index contributed by atoms with van der Waals surface area (Å²) in [6.07, 6.45) is 0. The first-order valence-corrected chi connectivity index (χ1v) is 8.70. The standard InChI is InChI=1S/C17H29BrN2O/c1-5-20(6-2)9-10-21-16-7-8-17(18)15(11-16)13-19-12-14(3)4/h7-8,11,14,19H,5-6,9-10,12-13H2,1-4H3. The zero-order valence-corrected chi connectivity index (χ0v) is 15.4. The first-order chi connectivity index (χ1) is 10.1. The molecule has 0 saturated carbocycles. The van der Waals surface area contributed by atoms with Crippen molar-refractivity contribution >= 4 is 15.9 Å². The van der Waals surface area contributed by atoms with Gasteiger partial charge in [-0.05, 0) is 49.3 Å². The van der Waals surface area contributed by atoms with E-state index in [1.807, 2.05) is 6.07 Å². The normalized spacial score (nSPS) is 11.4. The first-order valence-electron chi connectivity index (χ1n) is 7.91. The van der Waals surface area contributed by atoms with Gasteiger partial charge in [0.2, 0.25) is 0 Å². The number of rotatable bonds is 10. The minimum atomic E-state index is 0.664. The Morgan fingerprint density at radius 1 is 1.24 bits per heavy atom. The third-order valence-electron chi connectivity index (χ3n) is 3.46. The van der Waals surface area contributed by atoms with Crippen molar-refractivity contribution in [1.82, 2.24) is 10.2 Å². The number of halogens is 1. The van der Waals surface area contributed by atoms with Gasteiger partial charge < -0.3 is 15.0 Å². The number of nitrogens with one attached hydrogen (secondary N) is 1. The number of nitrogens with zero attached hydrogens (tertiary/aromatic N) is 1. The summed E-state index contributed by atoms with van der Waals surface area (Å²) in [7, 11) is 0. The predicted molar refractivity (Wildman–Crippen MR) is 94.0 cm³/mol. The summed E-state index contributed by atoms with van der Waals surface area (Å²) < 4.78 is 7.01. The topological polar surface area (TPSA) is 24.5 Å². The Hall–Kier alpha value is -0.580. The molecule has 0 radical (unpaired) electrons. The second kappa shape index (κ2) is 10.2. The molecule has 0 fully saturated rings. The maximum Gasteiger partial charge on any atom is 0.119 e. The molecular weight excluding hydrogens is 328 g/mol. The molecule has 21 heavy (non-hydrogen) atoms. The molecule has 0 aliphatic carbocycles. The Morgan fingerprint density at radius 2 is 1.95 bits per heavy atom. The molecule has 0 aromatic heterocycles. The molecule has 0 amide bonds. The summed E-state index contributed by atoms with van der Waals surface area (Å²) in [6.45, 7) is 14.6. The lowest BCUT2D eigenvalue weighted by atomic mass is 10.2. The summed E-state index contributed by atoms with van der Waals surface area (Å²) in [6, 6.07) is 6.22. The van der Waals surface area contributed by atoms with Gasteiger partial charge >= 0.3 is 0 Å². The molecule has 1 rings (SSSR count). The smallest absolute Gasteiger partial charge is 0.119 e. The van der Waals surface area contributed by atoms with Crippen molar-refractivity contribution < 1.29 is 4.74 Å². The zero-order valence-electron chi connectivity index (χ0n) is 13.8. The van der Waals surface area contributed by atoms with E-state index in [9.17, 15) is 0 Å². The largest absolute Gasteiger partial charge is 0.492 e. The van der Waals surface area contributed by atoms with Crippen molar-refractivity contribution in [3.8, 4) is 5.75 Å². The Labute approximate surface area is 138 Å². The second-order valence-corrected chi connectivity index (χ2v) is 6.51. The number of likely N-dealkylation sites (N-methyl/N-ethyl adjacent to an activating group) is 1. The van der Waals surface area contributed by atoms with Crippen LogP contribution in [0, 0.1) is 5.92 Å². The third-order valence-corrected chi connectivity index (χ3v) is 4.23. The molecule has 4 heteroatoms. The van der Waals surface area contributed by atoms with Crippen LogP contribution in [0.1, 0.15) is 33.3 Å². The highest BCUT2D eigenvalue weighted by Gasteiger charge is 2.04. The third kappa shape index (κ3) is 7.30. The predicted octanol–water partition coefficient (Wildman–Crippen LogP) is 3.92. The van der Waals surface area contributed by atoms with E-state index in [-0.39, 0.29) is 0 Å². The van der Waals surface area contributed by atoms with Gasteiger partial charge in [-0.1, -0.05) is 43.6 Å². The van der Waals surface area contributed by atoms with E-state index in [1.165, 1.54) is 5.56 Å². The highest BCUT2D eigenvalue weighted by atomic mass is 79.9. The van der Waals surface area contributed by atoms with Crippen molar-refractivity contribution in [3.63, 3.8) is 0 Å². The molecule has 0 unspecified atom stereocenters. The lowest BCUT2D eigenvalue weighted by molar-refractivity contribution is 0.222. The molecule has 1 aromatic rings. The minimum absolute atomic E-state index is 0.664. The molecule has 0 heterocycles. The van der Waals surface area contributed by atoms with Crippen LogP contribution in [0.2, 0.25) is 0 Å². The molecular formula is C17H29BrN2O. The molecule has 120 valence electrons. The highest BCUT2D eigenvalue weighted by Crippen LogP contribution is 2.22. The van der Waals surface area contributed by atoms with Gasteiger partial charge in [-0.15, -0.1) is 0 Å². The van der Waals surface area contributed by atoms with E-state index in [1.54, 1.807) is 0 Å². The summed E-state index contributed by atoms with van der Waals surface area (Å²) in [5.41, 5.74) is 1.25. The number of benzene rings is 1. The van der Waals surface area contributed by atoms with Gasteiger partial charge in [-0.3, -0.25) is 0 Å². The molecule has 3 nitrogen and oxygen atoms in total. The zero-order chi connectivity index (χ0) is 15.7. The van der Waals surface area contributed by atoms with E-state index in [0.29, 0.717) is 5.92 Å². The fraction of sp³-hybridized carbons (Fsp3) is 0.647. The summed E-state index contributed by atoms with van der Waals surface area (Å²) in [5, 5.41) is 3.47. The maximum atomic E-state index is 5.87. The fourth-order valence-electron chi connectivity index (χ4n) is 2.10. The van der Waals surface area contributed by atoms with E-state index < -0.39 is 0 Å². The van der Waals surface area contributed by atoms with Crippen LogP contribution < -0.4 is 10.1 Å².